The molecule has 0 bridgehead atoms. The molecule has 2 aromatic carbocycles. The number of rotatable bonds is 4. The van der Waals surface area contributed by atoms with Crippen LogP contribution in [0.1, 0.15) is 16.7 Å². The Kier molecular flexibility index (Phi) is 3.69. The Bertz CT molecular complexity index is 777. The molecular weight excluding hydrogens is 264 g/mol. The summed E-state index contributed by atoms with van der Waals surface area (Å²) in [6.45, 7) is 2.50. The fourth-order valence-electron chi connectivity index (χ4n) is 2.25. The molecule has 0 saturated carbocycles. The highest BCUT2D eigenvalue weighted by molar-refractivity contribution is 5.79. The van der Waals surface area contributed by atoms with Crippen LogP contribution in [0.2, 0.25) is 0 Å². The van der Waals surface area contributed by atoms with Crippen molar-refractivity contribution in [3.05, 3.63) is 65.5 Å². The molecule has 0 aliphatic heterocycles. The first-order chi connectivity index (χ1) is 10.2. The molecule has 0 unspecified atom stereocenters. The lowest BCUT2D eigenvalue weighted by Crippen LogP contribution is -2.24. The Morgan fingerprint density at radius 3 is 2.95 bits per heavy atom. The van der Waals surface area contributed by atoms with E-state index in [4.69, 9.17) is 4.42 Å². The van der Waals surface area contributed by atoms with Gasteiger partial charge in [-0.05, 0) is 35.7 Å². The number of fused-ring (bicyclic) bond motifs is 1. The number of nitrogens with zero attached hydrogens (tertiary/aromatic N) is 1. The first-order valence-corrected chi connectivity index (χ1v) is 6.86. The molecule has 0 saturated heterocycles. The van der Waals surface area contributed by atoms with Gasteiger partial charge in [-0.15, -0.1) is 0 Å². The van der Waals surface area contributed by atoms with E-state index in [9.17, 15) is 4.79 Å². The maximum Gasteiger partial charge on any atom is 0.224 e. The van der Waals surface area contributed by atoms with Crippen molar-refractivity contribution in [1.29, 1.82) is 0 Å². The van der Waals surface area contributed by atoms with Gasteiger partial charge in [-0.2, -0.15) is 0 Å². The van der Waals surface area contributed by atoms with E-state index in [1.54, 1.807) is 0 Å². The van der Waals surface area contributed by atoms with Crippen LogP contribution >= 0.6 is 0 Å². The van der Waals surface area contributed by atoms with Gasteiger partial charge in [-0.1, -0.05) is 30.3 Å². The second-order valence-electron chi connectivity index (χ2n) is 5.03. The largest absolute Gasteiger partial charge is 0.443 e. The molecule has 21 heavy (non-hydrogen) atoms. The maximum atomic E-state index is 12.0. The number of aryl methyl sites for hydroxylation is 1. The topological polar surface area (TPSA) is 55.1 Å². The van der Waals surface area contributed by atoms with Gasteiger partial charge in [0.05, 0.1) is 6.42 Å². The zero-order valence-corrected chi connectivity index (χ0v) is 11.8. The molecule has 0 spiro atoms. The number of hydrogen-bond acceptors (Lipinski definition) is 3. The zero-order valence-electron chi connectivity index (χ0n) is 11.8. The number of amides is 1. The predicted molar refractivity (Wildman–Crippen MR) is 80.7 cm³/mol. The number of carbonyl (C=O) groups is 1. The lowest BCUT2D eigenvalue weighted by atomic mass is 10.1. The maximum absolute atomic E-state index is 12.0. The summed E-state index contributed by atoms with van der Waals surface area (Å²) in [5.41, 5.74) is 4.75. The molecule has 3 aromatic rings. The predicted octanol–water partition coefficient (Wildman–Crippen LogP) is 3.00. The molecule has 0 fully saturated rings. The van der Waals surface area contributed by atoms with Gasteiger partial charge in [0, 0.05) is 6.54 Å². The summed E-state index contributed by atoms with van der Waals surface area (Å²) in [7, 11) is 0. The monoisotopic (exact) mass is 280 g/mol. The van der Waals surface area contributed by atoms with Crippen molar-refractivity contribution in [3.63, 3.8) is 0 Å². The molecule has 4 nitrogen and oxygen atoms in total. The molecule has 3 rings (SSSR count). The average molecular weight is 280 g/mol. The van der Waals surface area contributed by atoms with Crippen LogP contribution in [0, 0.1) is 6.92 Å². The second kappa shape index (κ2) is 5.79. The Hall–Kier alpha value is -2.62. The van der Waals surface area contributed by atoms with Crippen molar-refractivity contribution in [3.8, 4) is 0 Å². The fourth-order valence-corrected chi connectivity index (χ4v) is 2.25. The minimum absolute atomic E-state index is 0.0157. The molecule has 1 heterocycles. The molecule has 0 atom stereocenters. The van der Waals surface area contributed by atoms with Gasteiger partial charge in [-0.3, -0.25) is 4.79 Å². The molecule has 1 N–H and O–H groups in total. The zero-order chi connectivity index (χ0) is 14.7. The molecular formula is C17H16N2O2. The Labute approximate surface area is 122 Å². The lowest BCUT2D eigenvalue weighted by molar-refractivity contribution is -0.120. The van der Waals surface area contributed by atoms with E-state index in [0.717, 1.165) is 27.8 Å². The van der Waals surface area contributed by atoms with Gasteiger partial charge in [-0.25, -0.2) is 4.98 Å². The van der Waals surface area contributed by atoms with Crippen LogP contribution < -0.4 is 5.32 Å². The van der Waals surface area contributed by atoms with E-state index in [-0.39, 0.29) is 5.91 Å². The summed E-state index contributed by atoms with van der Waals surface area (Å²) in [6, 6.07) is 13.7. The van der Waals surface area contributed by atoms with E-state index in [0.29, 0.717) is 13.0 Å². The summed E-state index contributed by atoms with van der Waals surface area (Å²) in [5.74, 6) is 0.0157. The normalized spacial score (nSPS) is 10.7. The third-order valence-electron chi connectivity index (χ3n) is 3.50. The Morgan fingerprint density at radius 2 is 2.10 bits per heavy atom. The van der Waals surface area contributed by atoms with Gasteiger partial charge in [0.15, 0.2) is 12.0 Å². The molecule has 1 aromatic heterocycles. The summed E-state index contributed by atoms with van der Waals surface area (Å²) < 4.78 is 5.25. The third-order valence-corrected chi connectivity index (χ3v) is 3.50. The smallest absolute Gasteiger partial charge is 0.224 e. The summed E-state index contributed by atoms with van der Waals surface area (Å²) >= 11 is 0. The van der Waals surface area contributed by atoms with Crippen molar-refractivity contribution >= 4 is 17.0 Å². The summed E-state index contributed by atoms with van der Waals surface area (Å²) in [6.07, 6.45) is 1.82. The SMILES string of the molecule is Cc1ccccc1CC(=O)NCc1ccc2ncoc2c1. The van der Waals surface area contributed by atoms with Crippen molar-refractivity contribution < 1.29 is 9.21 Å². The number of oxazole rings is 1. The Morgan fingerprint density at radius 1 is 1.24 bits per heavy atom. The van der Waals surface area contributed by atoms with Crippen LogP contribution in [0.5, 0.6) is 0 Å². The van der Waals surface area contributed by atoms with Crippen molar-refractivity contribution in [2.24, 2.45) is 0 Å². The highest BCUT2D eigenvalue weighted by Crippen LogP contribution is 2.14. The quantitative estimate of drug-likeness (QED) is 0.799. The van der Waals surface area contributed by atoms with Gasteiger partial charge >= 0.3 is 0 Å². The number of carbonyl (C=O) groups excluding carboxylic acids is 1. The van der Waals surface area contributed by atoms with E-state index >= 15 is 0 Å². The van der Waals surface area contributed by atoms with Crippen LogP contribution in [0.25, 0.3) is 11.1 Å². The lowest BCUT2D eigenvalue weighted by Gasteiger charge is -2.07. The Balaban J connectivity index is 1.61. The molecule has 1 amide bonds. The molecule has 0 aliphatic carbocycles. The van der Waals surface area contributed by atoms with Crippen LogP contribution in [0.3, 0.4) is 0 Å². The number of benzene rings is 2. The van der Waals surface area contributed by atoms with Crippen LogP contribution in [0.4, 0.5) is 0 Å². The third kappa shape index (κ3) is 3.11. The molecule has 106 valence electrons. The number of nitrogens with one attached hydrogen (secondary N) is 1. The van der Waals surface area contributed by atoms with Crippen molar-refractivity contribution in [1.82, 2.24) is 10.3 Å². The number of aromatic nitrogens is 1. The summed E-state index contributed by atoms with van der Waals surface area (Å²) in [5, 5.41) is 2.93. The van der Waals surface area contributed by atoms with E-state index in [1.807, 2.05) is 49.4 Å². The van der Waals surface area contributed by atoms with Crippen molar-refractivity contribution in [2.45, 2.75) is 19.9 Å². The van der Waals surface area contributed by atoms with E-state index in [2.05, 4.69) is 10.3 Å². The number of hydrogen-bond donors (Lipinski definition) is 1. The minimum Gasteiger partial charge on any atom is -0.443 e. The first kappa shape index (κ1) is 13.4. The highest BCUT2D eigenvalue weighted by Gasteiger charge is 2.06. The van der Waals surface area contributed by atoms with E-state index in [1.165, 1.54) is 6.39 Å². The molecule has 0 radical (unpaired) electrons. The fraction of sp³-hybridized carbons (Fsp3) is 0.176. The van der Waals surface area contributed by atoms with Gasteiger partial charge < -0.3 is 9.73 Å². The van der Waals surface area contributed by atoms with Gasteiger partial charge in [0.2, 0.25) is 5.91 Å². The first-order valence-electron chi connectivity index (χ1n) is 6.86. The minimum atomic E-state index is 0.0157. The molecule has 4 heteroatoms. The van der Waals surface area contributed by atoms with E-state index < -0.39 is 0 Å². The van der Waals surface area contributed by atoms with Crippen LogP contribution in [0.15, 0.2) is 53.3 Å². The second-order valence-corrected chi connectivity index (χ2v) is 5.03. The van der Waals surface area contributed by atoms with Crippen molar-refractivity contribution in [2.75, 3.05) is 0 Å². The van der Waals surface area contributed by atoms with Crippen LogP contribution in [-0.2, 0) is 17.8 Å². The van der Waals surface area contributed by atoms with Gasteiger partial charge in [0.25, 0.3) is 0 Å². The highest BCUT2D eigenvalue weighted by atomic mass is 16.3. The standard InChI is InChI=1S/C17H16N2O2/c1-12-4-2-3-5-14(12)9-17(20)18-10-13-6-7-15-16(8-13)21-11-19-15/h2-8,11H,9-10H2,1H3,(H,18,20). The summed E-state index contributed by atoms with van der Waals surface area (Å²) in [4.78, 5) is 16.1. The van der Waals surface area contributed by atoms with Gasteiger partial charge in [0.1, 0.15) is 5.52 Å². The van der Waals surface area contributed by atoms with Crippen LogP contribution in [-0.4, -0.2) is 10.9 Å². The average Bonchev–Trinajstić information content (AvgIpc) is 2.95. The molecule has 0 aliphatic rings.